The van der Waals surface area contributed by atoms with Crippen LogP contribution in [0.15, 0.2) is 48.5 Å². The molecule has 43 heavy (non-hydrogen) atoms. The molecular weight excluding hydrogens is 549 g/mol. The van der Waals surface area contributed by atoms with E-state index in [1.54, 1.807) is 18.2 Å². The number of carbonyl (C=O) groups excluding carboxylic acids is 1. The Morgan fingerprint density at radius 3 is 2.67 bits per heavy atom. The smallest absolute Gasteiger partial charge is 0.337 e. The van der Waals surface area contributed by atoms with Gasteiger partial charge in [-0.3, -0.25) is 4.90 Å². The molecule has 0 radical (unpaired) electrons. The lowest BCUT2D eigenvalue weighted by molar-refractivity contribution is -0.0591. The predicted octanol–water partition coefficient (Wildman–Crippen LogP) is 4.75. The van der Waals surface area contributed by atoms with Crippen molar-refractivity contribution in [3.05, 3.63) is 88.1 Å². The summed E-state index contributed by atoms with van der Waals surface area (Å²) in [6.07, 6.45) is 1.17. The summed E-state index contributed by atoms with van der Waals surface area (Å²) in [6, 6.07) is 15.8. The van der Waals surface area contributed by atoms with Gasteiger partial charge in [-0.25, -0.2) is 19.2 Å². The fraction of sp³-hybridized carbons (Fsp3) is 0.394. The Bertz CT molecular complexity index is 1750. The number of carbonyl (C=O) groups is 1. The number of benzene rings is 2. The van der Waals surface area contributed by atoms with Crippen LogP contribution in [0.1, 0.15) is 50.9 Å². The van der Waals surface area contributed by atoms with E-state index in [4.69, 9.17) is 29.4 Å². The molecule has 1 aliphatic carbocycles. The lowest BCUT2D eigenvalue weighted by Crippen LogP contribution is -2.33. The Hall–Kier alpha value is -4.33. The predicted molar refractivity (Wildman–Crippen MR) is 155 cm³/mol. The lowest BCUT2D eigenvalue weighted by Gasteiger charge is -2.28. The molecule has 1 saturated carbocycles. The normalized spacial score (nSPS) is 22.6. The highest BCUT2D eigenvalue weighted by Crippen LogP contribution is 2.58. The van der Waals surface area contributed by atoms with E-state index in [9.17, 15) is 9.18 Å². The van der Waals surface area contributed by atoms with E-state index in [0.717, 1.165) is 60.8 Å². The third-order valence-corrected chi connectivity index (χ3v) is 9.00. The summed E-state index contributed by atoms with van der Waals surface area (Å²) in [7, 11) is 1.40. The molecule has 1 unspecified atom stereocenters. The number of rotatable bonds is 9. The number of hydrogen-bond acceptors (Lipinski definition) is 8. The molecule has 0 N–H and O–H groups in total. The Balaban J connectivity index is 1.03. The Kier molecular flexibility index (Phi) is 7.07. The zero-order chi connectivity index (χ0) is 29.7. The molecule has 10 heteroatoms. The van der Waals surface area contributed by atoms with Gasteiger partial charge in [0.1, 0.15) is 18.2 Å². The minimum Gasteiger partial charge on any atom is -0.473 e. The number of hydrogen-bond donors (Lipinski definition) is 0. The number of methoxy groups -OCH3 is 1. The van der Waals surface area contributed by atoms with Gasteiger partial charge in [0, 0.05) is 42.9 Å². The van der Waals surface area contributed by atoms with Crippen molar-refractivity contribution < 1.29 is 23.4 Å². The van der Waals surface area contributed by atoms with Crippen LogP contribution < -0.4 is 4.74 Å². The van der Waals surface area contributed by atoms with Crippen LogP contribution >= 0.6 is 0 Å². The average Bonchev–Trinajstić information content (AvgIpc) is 3.30. The zero-order valence-electron chi connectivity index (χ0n) is 24.1. The quantitative estimate of drug-likeness (QED) is 0.261. The molecule has 3 fully saturated rings. The first kappa shape index (κ1) is 27.5. The standard InChI is InChI=1S/C33H32FN5O4/c1-19-10-22(33(40)41-2)12-28-32(19)37-29(39(28)14-23-8-9-42-23)17-38-15-24-25(16-38)31(24)27-4-3-5-30(36-27)43-18-21-7-6-20(13-35)11-26(21)34/h3-7,10-12,23-25,31H,8-9,14-18H2,1-2H3/t23-,24-,25+,31?/m0/s1. The number of aromatic nitrogens is 3. The maximum absolute atomic E-state index is 14.3. The molecule has 4 heterocycles. The van der Waals surface area contributed by atoms with Crippen molar-refractivity contribution in [3.8, 4) is 11.9 Å². The largest absolute Gasteiger partial charge is 0.473 e. The number of nitriles is 1. The van der Waals surface area contributed by atoms with Gasteiger partial charge in [-0.05, 0) is 61.1 Å². The second-order valence-electron chi connectivity index (χ2n) is 11.7. The Morgan fingerprint density at radius 1 is 1.16 bits per heavy atom. The van der Waals surface area contributed by atoms with Crippen LogP contribution in [0.4, 0.5) is 4.39 Å². The fourth-order valence-corrected chi connectivity index (χ4v) is 6.60. The highest BCUT2D eigenvalue weighted by Gasteiger charge is 2.57. The number of fused-ring (bicyclic) bond motifs is 2. The van der Waals surface area contributed by atoms with Crippen molar-refractivity contribution >= 4 is 17.0 Å². The number of likely N-dealkylation sites (tertiary alicyclic amines) is 1. The molecule has 2 saturated heterocycles. The van der Waals surface area contributed by atoms with E-state index >= 15 is 0 Å². The summed E-state index contributed by atoms with van der Waals surface area (Å²) in [5.41, 5.74) is 5.00. The van der Waals surface area contributed by atoms with Gasteiger partial charge in [0.2, 0.25) is 5.88 Å². The van der Waals surface area contributed by atoms with Crippen LogP contribution in [0, 0.1) is 35.9 Å². The monoisotopic (exact) mass is 581 g/mol. The van der Waals surface area contributed by atoms with Gasteiger partial charge in [-0.15, -0.1) is 0 Å². The summed E-state index contributed by atoms with van der Waals surface area (Å²) >= 11 is 0. The van der Waals surface area contributed by atoms with Gasteiger partial charge in [0.05, 0.1) is 54.5 Å². The molecule has 220 valence electrons. The molecule has 2 aromatic carbocycles. The molecule has 7 rings (SSSR count). The van der Waals surface area contributed by atoms with E-state index < -0.39 is 5.82 Å². The number of imidazole rings is 1. The third kappa shape index (κ3) is 5.24. The van der Waals surface area contributed by atoms with Gasteiger partial charge < -0.3 is 18.8 Å². The first-order valence-electron chi connectivity index (χ1n) is 14.6. The van der Waals surface area contributed by atoms with Crippen LogP contribution in [0.25, 0.3) is 11.0 Å². The van der Waals surface area contributed by atoms with Crippen LogP contribution in [0.3, 0.4) is 0 Å². The van der Waals surface area contributed by atoms with Gasteiger partial charge in [-0.1, -0.05) is 12.1 Å². The number of halogens is 1. The molecule has 4 atom stereocenters. The number of nitrogens with zero attached hydrogens (tertiary/aromatic N) is 5. The summed E-state index contributed by atoms with van der Waals surface area (Å²) in [4.78, 5) is 24.6. The molecule has 2 aromatic heterocycles. The first-order valence-corrected chi connectivity index (χ1v) is 14.6. The van der Waals surface area contributed by atoms with Crippen molar-refractivity contribution in [1.82, 2.24) is 19.4 Å². The zero-order valence-corrected chi connectivity index (χ0v) is 24.1. The van der Waals surface area contributed by atoms with Crippen molar-refractivity contribution in [3.63, 3.8) is 0 Å². The second kappa shape index (κ2) is 11.1. The van der Waals surface area contributed by atoms with Crippen LogP contribution in [0.2, 0.25) is 0 Å². The number of piperidine rings is 1. The SMILES string of the molecule is COC(=O)c1cc(C)c2nc(CN3C[C@@H]4C(c5cccc(OCc6ccc(C#N)cc6F)n5)[C@@H]4C3)n(C[C@@H]3CCO3)c2c1. The van der Waals surface area contributed by atoms with Crippen molar-refractivity contribution in [2.24, 2.45) is 11.8 Å². The van der Waals surface area contributed by atoms with Crippen LogP contribution in [-0.4, -0.2) is 58.3 Å². The highest BCUT2D eigenvalue weighted by atomic mass is 19.1. The summed E-state index contributed by atoms with van der Waals surface area (Å²) in [5, 5.41) is 8.95. The van der Waals surface area contributed by atoms with E-state index in [1.807, 2.05) is 37.3 Å². The Labute approximate surface area is 248 Å². The molecule has 0 spiro atoms. The maximum Gasteiger partial charge on any atom is 0.337 e. The Morgan fingerprint density at radius 2 is 1.98 bits per heavy atom. The van der Waals surface area contributed by atoms with Crippen molar-refractivity contribution in [1.29, 1.82) is 5.26 Å². The minimum absolute atomic E-state index is 0.0484. The van der Waals surface area contributed by atoms with Gasteiger partial charge >= 0.3 is 5.97 Å². The van der Waals surface area contributed by atoms with Crippen LogP contribution in [0.5, 0.6) is 5.88 Å². The van der Waals surface area contributed by atoms with Crippen LogP contribution in [-0.2, 0) is 29.2 Å². The number of ether oxygens (including phenoxy) is 3. The van der Waals surface area contributed by atoms with Crippen molar-refractivity contribution in [2.75, 3.05) is 26.8 Å². The van der Waals surface area contributed by atoms with Gasteiger partial charge in [-0.2, -0.15) is 5.26 Å². The average molecular weight is 582 g/mol. The topological polar surface area (TPSA) is 102 Å². The molecular formula is C33H32FN5O4. The van der Waals surface area contributed by atoms with Gasteiger partial charge in [0.25, 0.3) is 0 Å². The lowest BCUT2D eigenvalue weighted by atomic mass is 10.1. The molecule has 2 aliphatic heterocycles. The molecule has 9 nitrogen and oxygen atoms in total. The molecule has 3 aliphatic rings. The van der Waals surface area contributed by atoms with E-state index in [-0.39, 0.29) is 24.2 Å². The van der Waals surface area contributed by atoms with E-state index in [0.29, 0.717) is 41.3 Å². The van der Waals surface area contributed by atoms with E-state index in [2.05, 4.69) is 9.47 Å². The maximum atomic E-state index is 14.3. The fourth-order valence-electron chi connectivity index (χ4n) is 6.60. The molecule has 4 aromatic rings. The summed E-state index contributed by atoms with van der Waals surface area (Å²) < 4.78 is 33.1. The third-order valence-electron chi connectivity index (χ3n) is 9.00. The second-order valence-corrected chi connectivity index (χ2v) is 11.7. The molecule has 0 amide bonds. The number of aryl methyl sites for hydroxylation is 1. The highest BCUT2D eigenvalue weighted by molar-refractivity contribution is 5.95. The number of esters is 1. The summed E-state index contributed by atoms with van der Waals surface area (Å²) in [6.45, 7) is 6.15. The van der Waals surface area contributed by atoms with E-state index in [1.165, 1.54) is 13.2 Å². The number of pyridine rings is 1. The van der Waals surface area contributed by atoms with Gasteiger partial charge in [0.15, 0.2) is 0 Å². The first-order chi connectivity index (χ1) is 20.9. The summed E-state index contributed by atoms with van der Waals surface area (Å²) in [5.74, 6) is 2.04. The minimum atomic E-state index is -0.458. The van der Waals surface area contributed by atoms with Crippen molar-refractivity contribution in [2.45, 2.75) is 45.1 Å². The molecule has 0 bridgehead atoms.